The van der Waals surface area contributed by atoms with Gasteiger partial charge in [-0.1, -0.05) is 0 Å². The van der Waals surface area contributed by atoms with Gasteiger partial charge in [0.15, 0.2) is 14.9 Å². The molecule has 1 fully saturated rings. The summed E-state index contributed by atoms with van der Waals surface area (Å²) in [6.45, 7) is 13.0. The van der Waals surface area contributed by atoms with E-state index >= 15 is 0 Å². The molecule has 0 radical (unpaired) electrons. The van der Waals surface area contributed by atoms with Crippen LogP contribution in [0.25, 0.3) is 0 Å². The molecular weight excluding hydrogens is 338 g/mol. The lowest BCUT2D eigenvalue weighted by Gasteiger charge is -2.36. The monoisotopic (exact) mass is 369 g/mol. The van der Waals surface area contributed by atoms with Crippen molar-refractivity contribution >= 4 is 15.5 Å². The molecule has 2 heterocycles. The van der Waals surface area contributed by atoms with Crippen LogP contribution >= 0.6 is 0 Å². The Morgan fingerprint density at radius 1 is 1.24 bits per heavy atom. The van der Waals surface area contributed by atoms with Crippen LogP contribution < -0.4 is 4.90 Å². The Bertz CT molecular complexity index is 658. The normalized spacial score (nSPS) is 22.8. The van der Waals surface area contributed by atoms with Gasteiger partial charge in [0.2, 0.25) is 0 Å². The Hall–Kier alpha value is -1.18. The van der Waals surface area contributed by atoms with Gasteiger partial charge in [0.25, 0.3) is 0 Å². The van der Waals surface area contributed by atoms with Gasteiger partial charge in [-0.15, -0.1) is 0 Å². The Labute approximate surface area is 152 Å². The molecule has 2 rings (SSSR count). The molecule has 1 aromatic rings. The average Bonchev–Trinajstić information content (AvgIpc) is 2.50. The summed E-state index contributed by atoms with van der Waals surface area (Å²) in [5, 5.41) is 0.132. The van der Waals surface area contributed by atoms with Crippen molar-refractivity contribution in [1.29, 1.82) is 0 Å². The number of anilines is 1. The van der Waals surface area contributed by atoms with E-state index in [0.29, 0.717) is 0 Å². The van der Waals surface area contributed by atoms with Crippen LogP contribution in [0.1, 0.15) is 34.6 Å². The molecule has 0 amide bonds. The Kier molecular flexibility index (Phi) is 6.12. The molecule has 0 spiro atoms. The zero-order valence-electron chi connectivity index (χ0n) is 16.2. The topological polar surface area (TPSA) is 62.7 Å². The largest absolute Gasteiger partial charge is 0.373 e. The van der Waals surface area contributed by atoms with E-state index in [1.165, 1.54) is 0 Å². The Morgan fingerprint density at radius 3 is 2.32 bits per heavy atom. The van der Waals surface area contributed by atoms with E-state index in [1.807, 2.05) is 13.1 Å². The minimum atomic E-state index is -3.41. The van der Waals surface area contributed by atoms with Gasteiger partial charge < -0.3 is 9.64 Å². The van der Waals surface area contributed by atoms with Crippen molar-refractivity contribution in [1.82, 2.24) is 9.88 Å². The molecule has 142 valence electrons. The first-order valence-electron chi connectivity index (χ1n) is 8.80. The number of pyridine rings is 1. The number of ether oxygens (including phenoxy) is 1. The highest BCUT2D eigenvalue weighted by Gasteiger charge is 2.32. The van der Waals surface area contributed by atoms with Crippen LogP contribution in [0.2, 0.25) is 0 Å². The van der Waals surface area contributed by atoms with Crippen molar-refractivity contribution in [2.75, 3.05) is 38.1 Å². The summed E-state index contributed by atoms with van der Waals surface area (Å²) in [7, 11) is -1.41. The predicted octanol–water partition coefficient (Wildman–Crippen LogP) is 2.20. The Balaban J connectivity index is 1.98. The zero-order chi connectivity index (χ0) is 18.8. The number of aromatic nitrogens is 1. The summed E-state index contributed by atoms with van der Waals surface area (Å²) >= 11 is 0. The molecule has 0 aliphatic carbocycles. The lowest BCUT2D eigenvalue weighted by atomic mass is 10.2. The number of rotatable bonds is 5. The SMILES string of the molecule is C[C@@H]1CN(CCN(C)c2ccc(S(=O)(=O)C(C)(C)C)nc2)C[C@H](C)O1. The third kappa shape index (κ3) is 4.92. The van der Waals surface area contributed by atoms with E-state index in [-0.39, 0.29) is 17.2 Å². The van der Waals surface area contributed by atoms with Crippen LogP contribution in [0.15, 0.2) is 23.4 Å². The highest BCUT2D eigenvalue weighted by molar-refractivity contribution is 7.92. The summed E-state index contributed by atoms with van der Waals surface area (Å²) in [4.78, 5) is 8.70. The predicted molar refractivity (Wildman–Crippen MR) is 101 cm³/mol. The fourth-order valence-corrected chi connectivity index (χ4v) is 4.02. The van der Waals surface area contributed by atoms with Gasteiger partial charge >= 0.3 is 0 Å². The maximum absolute atomic E-state index is 12.4. The maximum Gasteiger partial charge on any atom is 0.200 e. The van der Waals surface area contributed by atoms with Crippen LogP contribution in [0.4, 0.5) is 5.69 Å². The van der Waals surface area contributed by atoms with E-state index in [0.717, 1.165) is 31.9 Å². The fraction of sp³-hybridized carbons (Fsp3) is 0.722. The molecule has 0 saturated carbocycles. The van der Waals surface area contributed by atoms with Crippen LogP contribution in [-0.4, -0.2) is 68.5 Å². The average molecular weight is 370 g/mol. The van der Waals surface area contributed by atoms with Crippen molar-refractivity contribution in [2.45, 2.75) is 56.6 Å². The summed E-state index contributed by atoms with van der Waals surface area (Å²) < 4.78 is 29.8. The molecule has 2 atom stereocenters. The van der Waals surface area contributed by atoms with Gasteiger partial charge in [0.05, 0.1) is 28.8 Å². The van der Waals surface area contributed by atoms with Crippen molar-refractivity contribution in [3.63, 3.8) is 0 Å². The van der Waals surface area contributed by atoms with E-state index in [9.17, 15) is 8.42 Å². The number of nitrogens with zero attached hydrogens (tertiary/aromatic N) is 3. The first-order chi connectivity index (χ1) is 11.5. The lowest BCUT2D eigenvalue weighted by molar-refractivity contribution is -0.0670. The van der Waals surface area contributed by atoms with Gasteiger partial charge in [-0.05, 0) is 46.8 Å². The quantitative estimate of drug-likeness (QED) is 0.793. The summed E-state index contributed by atoms with van der Waals surface area (Å²) in [6, 6.07) is 3.43. The fourth-order valence-electron chi connectivity index (χ4n) is 2.96. The van der Waals surface area contributed by atoms with Gasteiger partial charge in [0.1, 0.15) is 0 Å². The number of hydrogen-bond acceptors (Lipinski definition) is 6. The van der Waals surface area contributed by atoms with Gasteiger partial charge in [-0.25, -0.2) is 13.4 Å². The first kappa shape index (κ1) is 20.1. The summed E-state index contributed by atoms with van der Waals surface area (Å²) in [5.41, 5.74) is 0.919. The lowest BCUT2D eigenvalue weighted by Crippen LogP contribution is -2.47. The molecular formula is C18H31N3O3S. The molecule has 1 aliphatic heterocycles. The van der Waals surface area contributed by atoms with E-state index in [2.05, 4.69) is 28.6 Å². The minimum absolute atomic E-state index is 0.132. The van der Waals surface area contributed by atoms with Crippen molar-refractivity contribution in [2.24, 2.45) is 0 Å². The summed E-state index contributed by atoms with van der Waals surface area (Å²) in [6.07, 6.45) is 2.17. The van der Waals surface area contributed by atoms with Gasteiger partial charge in [0, 0.05) is 33.2 Å². The number of likely N-dealkylation sites (N-methyl/N-ethyl adjacent to an activating group) is 1. The van der Waals surface area contributed by atoms with Crippen molar-refractivity contribution in [3.05, 3.63) is 18.3 Å². The second-order valence-electron chi connectivity index (χ2n) is 7.91. The molecule has 25 heavy (non-hydrogen) atoms. The minimum Gasteiger partial charge on any atom is -0.373 e. The number of sulfone groups is 1. The molecule has 1 aliphatic rings. The molecule has 0 aromatic carbocycles. The first-order valence-corrected chi connectivity index (χ1v) is 10.3. The van der Waals surface area contributed by atoms with E-state index < -0.39 is 14.6 Å². The zero-order valence-corrected chi connectivity index (χ0v) is 17.0. The number of hydrogen-bond donors (Lipinski definition) is 0. The Morgan fingerprint density at radius 2 is 1.84 bits per heavy atom. The molecule has 0 bridgehead atoms. The van der Waals surface area contributed by atoms with Crippen LogP contribution in [-0.2, 0) is 14.6 Å². The second-order valence-corrected chi connectivity index (χ2v) is 10.6. The maximum atomic E-state index is 12.4. The molecule has 6 nitrogen and oxygen atoms in total. The number of morpholine rings is 1. The van der Waals surface area contributed by atoms with Gasteiger partial charge in [-0.3, -0.25) is 4.90 Å². The molecule has 0 N–H and O–H groups in total. The smallest absolute Gasteiger partial charge is 0.200 e. The van der Waals surface area contributed by atoms with Gasteiger partial charge in [-0.2, -0.15) is 0 Å². The van der Waals surface area contributed by atoms with Crippen molar-refractivity contribution in [3.8, 4) is 0 Å². The van der Waals surface area contributed by atoms with Crippen molar-refractivity contribution < 1.29 is 13.2 Å². The highest BCUT2D eigenvalue weighted by atomic mass is 32.2. The summed E-state index contributed by atoms with van der Waals surface area (Å²) in [5.74, 6) is 0. The van der Waals surface area contributed by atoms with Crippen LogP contribution in [0.3, 0.4) is 0 Å². The standard InChI is InChI=1S/C18H31N3O3S/c1-14-12-21(13-15(2)24-14)10-9-20(6)16-7-8-17(19-11-16)25(22,23)18(3,4)5/h7-8,11,14-15H,9-10,12-13H2,1-6H3/t14-,15+. The molecule has 1 aromatic heterocycles. The molecule has 0 unspecified atom stereocenters. The molecule has 1 saturated heterocycles. The highest BCUT2D eigenvalue weighted by Crippen LogP contribution is 2.24. The third-order valence-corrected chi connectivity index (χ3v) is 6.89. The van der Waals surface area contributed by atoms with Crippen LogP contribution in [0.5, 0.6) is 0 Å². The van der Waals surface area contributed by atoms with E-state index in [4.69, 9.17) is 4.74 Å². The van der Waals surface area contributed by atoms with Crippen LogP contribution in [0, 0.1) is 0 Å². The van der Waals surface area contributed by atoms with E-state index in [1.54, 1.807) is 33.0 Å². The second kappa shape index (κ2) is 7.60. The third-order valence-electron chi connectivity index (χ3n) is 4.49. The molecule has 7 heteroatoms.